The largest absolute Gasteiger partial charge is 0.487 e. The summed E-state index contributed by atoms with van der Waals surface area (Å²) in [6, 6.07) is 4.43. The van der Waals surface area contributed by atoms with Gasteiger partial charge >= 0.3 is 0 Å². The van der Waals surface area contributed by atoms with E-state index in [4.69, 9.17) is 16.3 Å². The van der Waals surface area contributed by atoms with E-state index in [0.717, 1.165) is 17.8 Å². The molecule has 0 aliphatic rings. The van der Waals surface area contributed by atoms with Crippen molar-refractivity contribution in [2.45, 2.75) is 33.4 Å². The average molecular weight is 362 g/mol. The Morgan fingerprint density at radius 3 is 2.70 bits per heavy atom. The number of nitrogens with zero attached hydrogens (tertiary/aromatic N) is 2. The minimum atomic E-state index is -0.348. The topological polar surface area (TPSA) is 27.1 Å². The van der Waals surface area contributed by atoms with E-state index in [0.29, 0.717) is 21.8 Å². The van der Waals surface area contributed by atoms with Crippen LogP contribution in [0.15, 0.2) is 22.7 Å². The number of aryl methyl sites for hydroxylation is 2. The molecule has 108 valence electrons. The summed E-state index contributed by atoms with van der Waals surface area (Å²) in [6.07, 6.45) is 0.768. The lowest BCUT2D eigenvalue weighted by atomic mass is 10.3. The van der Waals surface area contributed by atoms with Crippen LogP contribution in [0.25, 0.3) is 0 Å². The fourth-order valence-electron chi connectivity index (χ4n) is 1.92. The van der Waals surface area contributed by atoms with E-state index in [-0.39, 0.29) is 12.4 Å². The van der Waals surface area contributed by atoms with Crippen molar-refractivity contribution in [1.29, 1.82) is 0 Å². The number of aromatic nitrogens is 2. The zero-order valence-corrected chi connectivity index (χ0v) is 13.6. The Morgan fingerprint density at radius 2 is 2.10 bits per heavy atom. The molecule has 1 aromatic heterocycles. The summed E-state index contributed by atoms with van der Waals surface area (Å²) in [5.74, 6) is 0.105. The zero-order chi connectivity index (χ0) is 14.7. The van der Waals surface area contributed by atoms with Gasteiger partial charge in [0.2, 0.25) is 0 Å². The summed E-state index contributed by atoms with van der Waals surface area (Å²) in [4.78, 5) is 0. The van der Waals surface area contributed by atoms with Gasteiger partial charge in [-0.05, 0) is 25.5 Å². The van der Waals surface area contributed by atoms with Gasteiger partial charge in [-0.3, -0.25) is 4.68 Å². The fourth-order valence-corrected chi connectivity index (χ4v) is 2.69. The van der Waals surface area contributed by atoms with Crippen LogP contribution in [0.2, 0.25) is 5.02 Å². The van der Waals surface area contributed by atoms with Gasteiger partial charge in [-0.25, -0.2) is 4.39 Å². The van der Waals surface area contributed by atoms with Crippen LogP contribution in [0.3, 0.4) is 0 Å². The summed E-state index contributed by atoms with van der Waals surface area (Å²) >= 11 is 9.52. The molecule has 0 bridgehead atoms. The van der Waals surface area contributed by atoms with Crippen molar-refractivity contribution in [3.05, 3.63) is 44.9 Å². The Morgan fingerprint density at radius 1 is 1.35 bits per heavy atom. The first-order chi connectivity index (χ1) is 9.55. The fraction of sp³-hybridized carbons (Fsp3) is 0.357. The average Bonchev–Trinajstić information content (AvgIpc) is 2.71. The van der Waals surface area contributed by atoms with E-state index < -0.39 is 0 Å². The maximum absolute atomic E-state index is 13.3. The molecule has 2 rings (SSSR count). The third kappa shape index (κ3) is 3.33. The van der Waals surface area contributed by atoms with Gasteiger partial charge < -0.3 is 4.74 Å². The lowest BCUT2D eigenvalue weighted by Gasteiger charge is -2.09. The van der Waals surface area contributed by atoms with Crippen LogP contribution in [-0.4, -0.2) is 9.78 Å². The number of ether oxygens (including phenoxy) is 1. The van der Waals surface area contributed by atoms with Crippen LogP contribution in [0, 0.1) is 5.82 Å². The quantitative estimate of drug-likeness (QED) is 0.778. The molecule has 3 nitrogen and oxygen atoms in total. The second-order valence-electron chi connectivity index (χ2n) is 4.27. The van der Waals surface area contributed by atoms with Gasteiger partial charge in [-0.15, -0.1) is 0 Å². The van der Waals surface area contributed by atoms with Gasteiger partial charge in [0, 0.05) is 17.1 Å². The normalized spacial score (nSPS) is 10.8. The molecule has 0 unspecified atom stereocenters. The maximum Gasteiger partial charge on any atom is 0.131 e. The van der Waals surface area contributed by atoms with Gasteiger partial charge in [0.05, 0.1) is 16.4 Å². The molecule has 1 aromatic carbocycles. The van der Waals surface area contributed by atoms with Crippen molar-refractivity contribution in [2.75, 3.05) is 0 Å². The first-order valence-corrected chi connectivity index (χ1v) is 7.55. The Labute approximate surface area is 130 Å². The zero-order valence-electron chi connectivity index (χ0n) is 11.3. The van der Waals surface area contributed by atoms with Gasteiger partial charge in [0.25, 0.3) is 0 Å². The number of rotatable bonds is 5. The molecule has 0 aliphatic heterocycles. The van der Waals surface area contributed by atoms with E-state index >= 15 is 0 Å². The van der Waals surface area contributed by atoms with Crippen molar-refractivity contribution < 1.29 is 9.13 Å². The summed E-state index contributed by atoms with van der Waals surface area (Å²) < 4.78 is 21.4. The SMILES string of the molecule is CCc1nn(CC)c(COc2cc(F)cc(Br)c2)c1Cl. The molecule has 0 spiro atoms. The van der Waals surface area contributed by atoms with Crippen LogP contribution in [0.1, 0.15) is 25.2 Å². The van der Waals surface area contributed by atoms with Crippen LogP contribution in [0.4, 0.5) is 4.39 Å². The minimum Gasteiger partial charge on any atom is -0.487 e. The first-order valence-electron chi connectivity index (χ1n) is 6.38. The molecule has 20 heavy (non-hydrogen) atoms. The van der Waals surface area contributed by atoms with Crippen molar-refractivity contribution in [3.8, 4) is 5.75 Å². The number of halogens is 3. The molecule has 6 heteroatoms. The second-order valence-corrected chi connectivity index (χ2v) is 5.56. The predicted molar refractivity (Wildman–Crippen MR) is 80.7 cm³/mol. The number of benzene rings is 1. The molecule has 1 heterocycles. The van der Waals surface area contributed by atoms with E-state index in [2.05, 4.69) is 21.0 Å². The number of hydrogen-bond donors (Lipinski definition) is 0. The molecule has 0 N–H and O–H groups in total. The predicted octanol–water partition coefficient (Wildman–Crippen LogP) is 4.60. The van der Waals surface area contributed by atoms with Gasteiger partial charge in [-0.1, -0.05) is 34.5 Å². The number of hydrogen-bond acceptors (Lipinski definition) is 2. The van der Waals surface area contributed by atoms with E-state index in [9.17, 15) is 4.39 Å². The molecule has 0 saturated carbocycles. The highest BCUT2D eigenvalue weighted by molar-refractivity contribution is 9.10. The Kier molecular flexibility index (Phi) is 5.05. The van der Waals surface area contributed by atoms with E-state index in [1.807, 2.05) is 18.5 Å². The lowest BCUT2D eigenvalue weighted by molar-refractivity contribution is 0.291. The summed E-state index contributed by atoms with van der Waals surface area (Å²) in [7, 11) is 0. The van der Waals surface area contributed by atoms with E-state index in [1.165, 1.54) is 12.1 Å². The van der Waals surface area contributed by atoms with Crippen molar-refractivity contribution in [3.63, 3.8) is 0 Å². The third-order valence-electron chi connectivity index (χ3n) is 2.91. The van der Waals surface area contributed by atoms with Crippen molar-refractivity contribution in [2.24, 2.45) is 0 Å². The van der Waals surface area contributed by atoms with E-state index in [1.54, 1.807) is 6.07 Å². The molecule has 0 atom stereocenters. The highest BCUT2D eigenvalue weighted by Gasteiger charge is 2.15. The first kappa shape index (κ1) is 15.3. The Bertz CT molecular complexity index is 595. The standard InChI is InChI=1S/C14H15BrClFN2O/c1-3-12-14(16)13(19(4-2)18-12)8-20-11-6-9(15)5-10(17)7-11/h5-7H,3-4,8H2,1-2H3. The molecule has 2 aromatic rings. The highest BCUT2D eigenvalue weighted by atomic mass is 79.9. The second kappa shape index (κ2) is 6.59. The molecule has 0 fully saturated rings. The van der Waals surface area contributed by atoms with Gasteiger partial charge in [0.1, 0.15) is 18.2 Å². The van der Waals surface area contributed by atoms with Gasteiger partial charge in [0.15, 0.2) is 0 Å². The minimum absolute atomic E-state index is 0.259. The van der Waals surface area contributed by atoms with Crippen LogP contribution < -0.4 is 4.74 Å². The van der Waals surface area contributed by atoms with Gasteiger partial charge in [-0.2, -0.15) is 5.10 Å². The van der Waals surface area contributed by atoms with Crippen LogP contribution in [-0.2, 0) is 19.6 Å². The summed E-state index contributed by atoms with van der Waals surface area (Å²) in [5, 5.41) is 5.04. The molecular formula is C14H15BrClFN2O. The van der Waals surface area contributed by atoms with Crippen LogP contribution >= 0.6 is 27.5 Å². The smallest absolute Gasteiger partial charge is 0.131 e. The monoisotopic (exact) mass is 360 g/mol. The summed E-state index contributed by atoms with van der Waals surface area (Å²) in [5.41, 5.74) is 1.67. The molecule has 0 radical (unpaired) electrons. The molecular weight excluding hydrogens is 347 g/mol. The Balaban J connectivity index is 2.20. The Hall–Kier alpha value is -1.07. The summed E-state index contributed by atoms with van der Waals surface area (Å²) in [6.45, 7) is 4.97. The third-order valence-corrected chi connectivity index (χ3v) is 3.80. The molecule has 0 saturated heterocycles. The lowest BCUT2D eigenvalue weighted by Crippen LogP contribution is -2.06. The van der Waals surface area contributed by atoms with Crippen molar-refractivity contribution in [1.82, 2.24) is 9.78 Å². The highest BCUT2D eigenvalue weighted by Crippen LogP contribution is 2.25. The molecule has 0 aliphatic carbocycles. The maximum atomic E-state index is 13.3. The van der Waals surface area contributed by atoms with Crippen molar-refractivity contribution >= 4 is 27.5 Å². The van der Waals surface area contributed by atoms with Crippen LogP contribution in [0.5, 0.6) is 5.75 Å². The molecule has 0 amide bonds.